The maximum atomic E-state index is 5.09. The summed E-state index contributed by atoms with van der Waals surface area (Å²) in [7, 11) is 1.73. The molecule has 15 heavy (non-hydrogen) atoms. The molecule has 1 aliphatic carbocycles. The van der Waals surface area contributed by atoms with Gasteiger partial charge in [0.25, 0.3) is 0 Å². The van der Waals surface area contributed by atoms with Crippen molar-refractivity contribution < 1.29 is 4.74 Å². The maximum Gasteiger partial charge on any atom is 0.183 e. The number of fused-ring (bicyclic) bond motifs is 1. The van der Waals surface area contributed by atoms with E-state index in [-0.39, 0.29) is 0 Å². The second kappa shape index (κ2) is 4.94. The summed E-state index contributed by atoms with van der Waals surface area (Å²) in [6, 6.07) is 0.336. The van der Waals surface area contributed by atoms with Gasteiger partial charge in [0.2, 0.25) is 0 Å². The Morgan fingerprint density at radius 3 is 3.00 bits per heavy atom. The number of nitrogens with one attached hydrogen (secondary N) is 1. The van der Waals surface area contributed by atoms with Gasteiger partial charge in [-0.25, -0.2) is 4.98 Å². The third-order valence-corrected chi connectivity index (χ3v) is 3.72. The number of hydrogen-bond acceptors (Lipinski definition) is 4. The van der Waals surface area contributed by atoms with E-state index in [2.05, 4.69) is 17.2 Å². The Balaban J connectivity index is 2.00. The molecule has 84 valence electrons. The summed E-state index contributed by atoms with van der Waals surface area (Å²) in [5.41, 5.74) is 1.32. The van der Waals surface area contributed by atoms with Crippen LogP contribution in [0.1, 0.15) is 30.3 Å². The molecule has 0 amide bonds. The highest BCUT2D eigenvalue weighted by Crippen LogP contribution is 2.29. The van der Waals surface area contributed by atoms with Crippen LogP contribution in [0.5, 0.6) is 0 Å². The van der Waals surface area contributed by atoms with Gasteiger partial charge in [0.15, 0.2) is 5.13 Å². The highest BCUT2D eigenvalue weighted by Gasteiger charge is 2.15. The van der Waals surface area contributed by atoms with E-state index < -0.39 is 0 Å². The molecule has 0 saturated carbocycles. The fourth-order valence-electron chi connectivity index (χ4n) is 1.92. The van der Waals surface area contributed by atoms with Gasteiger partial charge in [-0.1, -0.05) is 0 Å². The molecule has 3 nitrogen and oxygen atoms in total. The predicted octanol–water partition coefficient (Wildman–Crippen LogP) is 2.47. The van der Waals surface area contributed by atoms with Crippen LogP contribution in [-0.2, 0) is 17.6 Å². The Hall–Kier alpha value is -0.610. The zero-order valence-corrected chi connectivity index (χ0v) is 10.2. The van der Waals surface area contributed by atoms with Crippen molar-refractivity contribution in [3.05, 3.63) is 10.6 Å². The SMILES string of the molecule is COCC(C)Nc1nc2c(s1)CCCC2. The van der Waals surface area contributed by atoms with Crippen LogP contribution >= 0.6 is 11.3 Å². The number of rotatable bonds is 4. The van der Waals surface area contributed by atoms with Gasteiger partial charge in [0.1, 0.15) is 0 Å². The van der Waals surface area contributed by atoms with Gasteiger partial charge in [-0.05, 0) is 32.6 Å². The quantitative estimate of drug-likeness (QED) is 0.856. The first-order valence-electron chi connectivity index (χ1n) is 5.53. The number of thiazole rings is 1. The van der Waals surface area contributed by atoms with Crippen LogP contribution in [0.15, 0.2) is 0 Å². The minimum absolute atomic E-state index is 0.336. The number of anilines is 1. The predicted molar refractivity (Wildman–Crippen MR) is 63.7 cm³/mol. The molecule has 2 rings (SSSR count). The van der Waals surface area contributed by atoms with Crippen molar-refractivity contribution >= 4 is 16.5 Å². The molecular weight excluding hydrogens is 208 g/mol. The number of methoxy groups -OCH3 is 1. The third kappa shape index (κ3) is 2.69. The molecule has 0 bridgehead atoms. The van der Waals surface area contributed by atoms with Crippen molar-refractivity contribution in [2.75, 3.05) is 19.0 Å². The maximum absolute atomic E-state index is 5.09. The number of nitrogens with zero attached hydrogens (tertiary/aromatic N) is 1. The van der Waals surface area contributed by atoms with Crippen LogP contribution in [0.4, 0.5) is 5.13 Å². The highest BCUT2D eigenvalue weighted by atomic mass is 32.1. The molecule has 0 aromatic carbocycles. The average Bonchev–Trinajstić information content (AvgIpc) is 2.59. The van der Waals surface area contributed by atoms with Crippen LogP contribution in [0.2, 0.25) is 0 Å². The first-order valence-corrected chi connectivity index (χ1v) is 6.35. The van der Waals surface area contributed by atoms with Crippen LogP contribution in [0.25, 0.3) is 0 Å². The van der Waals surface area contributed by atoms with Crippen LogP contribution in [-0.4, -0.2) is 24.7 Å². The Morgan fingerprint density at radius 2 is 2.27 bits per heavy atom. The van der Waals surface area contributed by atoms with E-state index in [1.165, 1.54) is 29.8 Å². The molecule has 1 aliphatic rings. The topological polar surface area (TPSA) is 34.1 Å². The minimum Gasteiger partial charge on any atom is -0.383 e. The van der Waals surface area contributed by atoms with E-state index in [1.54, 1.807) is 7.11 Å². The molecule has 0 spiro atoms. The molecule has 1 N–H and O–H groups in total. The van der Waals surface area contributed by atoms with E-state index in [9.17, 15) is 0 Å². The number of aromatic nitrogens is 1. The lowest BCUT2D eigenvalue weighted by atomic mass is 10.0. The summed E-state index contributed by atoms with van der Waals surface area (Å²) in [4.78, 5) is 6.10. The Kier molecular flexibility index (Phi) is 3.59. The van der Waals surface area contributed by atoms with Crippen molar-refractivity contribution in [1.29, 1.82) is 0 Å². The van der Waals surface area contributed by atoms with Gasteiger partial charge in [0.05, 0.1) is 12.3 Å². The van der Waals surface area contributed by atoms with E-state index in [0.29, 0.717) is 6.04 Å². The summed E-state index contributed by atoms with van der Waals surface area (Å²) in [6.07, 6.45) is 4.99. The highest BCUT2D eigenvalue weighted by molar-refractivity contribution is 7.15. The van der Waals surface area contributed by atoms with Gasteiger partial charge < -0.3 is 10.1 Å². The number of ether oxygens (including phenoxy) is 1. The smallest absolute Gasteiger partial charge is 0.183 e. The van der Waals surface area contributed by atoms with Gasteiger partial charge in [0, 0.05) is 18.0 Å². The number of hydrogen-bond donors (Lipinski definition) is 1. The lowest BCUT2D eigenvalue weighted by Gasteiger charge is -2.10. The first-order chi connectivity index (χ1) is 7.29. The Bertz CT molecular complexity index is 301. The Morgan fingerprint density at radius 1 is 1.47 bits per heavy atom. The van der Waals surface area contributed by atoms with Gasteiger partial charge >= 0.3 is 0 Å². The molecule has 1 aromatic heterocycles. The zero-order chi connectivity index (χ0) is 10.7. The van der Waals surface area contributed by atoms with E-state index in [4.69, 9.17) is 4.74 Å². The fraction of sp³-hybridized carbons (Fsp3) is 0.727. The second-order valence-corrected chi connectivity index (χ2v) is 5.18. The second-order valence-electron chi connectivity index (χ2n) is 4.10. The summed E-state index contributed by atoms with van der Waals surface area (Å²) in [5, 5.41) is 4.44. The van der Waals surface area contributed by atoms with Gasteiger partial charge in [-0.2, -0.15) is 0 Å². The molecule has 1 heterocycles. The molecule has 1 aromatic rings. The molecule has 0 saturated heterocycles. The van der Waals surface area contributed by atoms with Crippen LogP contribution < -0.4 is 5.32 Å². The van der Waals surface area contributed by atoms with Crippen LogP contribution in [0, 0.1) is 0 Å². The molecule has 0 fully saturated rings. The molecular formula is C11H18N2OS. The molecule has 4 heteroatoms. The van der Waals surface area contributed by atoms with Crippen LogP contribution in [0.3, 0.4) is 0 Å². The lowest BCUT2D eigenvalue weighted by Crippen LogP contribution is -2.20. The first kappa shape index (κ1) is 10.9. The van der Waals surface area contributed by atoms with Crippen molar-refractivity contribution in [3.63, 3.8) is 0 Å². The van der Waals surface area contributed by atoms with Gasteiger partial charge in [-0.3, -0.25) is 0 Å². The molecule has 0 radical (unpaired) electrons. The summed E-state index contributed by atoms with van der Waals surface area (Å²) < 4.78 is 5.09. The largest absolute Gasteiger partial charge is 0.383 e. The average molecular weight is 226 g/mol. The lowest BCUT2D eigenvalue weighted by molar-refractivity contribution is 0.190. The van der Waals surface area contributed by atoms with E-state index >= 15 is 0 Å². The monoisotopic (exact) mass is 226 g/mol. The standard InChI is InChI=1S/C11H18N2OS/c1-8(7-14-2)12-11-13-9-5-3-4-6-10(9)15-11/h8H,3-7H2,1-2H3,(H,12,13). The van der Waals surface area contributed by atoms with Crippen molar-refractivity contribution in [2.24, 2.45) is 0 Å². The summed E-state index contributed by atoms with van der Waals surface area (Å²) in [5.74, 6) is 0. The van der Waals surface area contributed by atoms with E-state index in [0.717, 1.165) is 18.2 Å². The molecule has 0 aliphatic heterocycles. The van der Waals surface area contributed by atoms with Crippen molar-refractivity contribution in [2.45, 2.75) is 38.6 Å². The number of aryl methyl sites for hydroxylation is 2. The zero-order valence-electron chi connectivity index (χ0n) is 9.38. The summed E-state index contributed by atoms with van der Waals surface area (Å²) in [6.45, 7) is 2.84. The fourth-order valence-corrected chi connectivity index (χ4v) is 3.08. The third-order valence-electron chi connectivity index (χ3n) is 2.63. The van der Waals surface area contributed by atoms with Gasteiger partial charge in [-0.15, -0.1) is 11.3 Å². The normalized spacial score (nSPS) is 17.2. The summed E-state index contributed by atoms with van der Waals surface area (Å²) >= 11 is 1.81. The molecule has 1 unspecified atom stereocenters. The van der Waals surface area contributed by atoms with Crippen molar-refractivity contribution in [3.8, 4) is 0 Å². The minimum atomic E-state index is 0.336. The molecule has 1 atom stereocenters. The van der Waals surface area contributed by atoms with E-state index in [1.807, 2.05) is 11.3 Å². The Labute approximate surface area is 94.9 Å². The van der Waals surface area contributed by atoms with Crippen molar-refractivity contribution in [1.82, 2.24) is 4.98 Å².